The number of benzene rings is 2. The molecule has 1 N–H and O–H groups in total. The maximum absolute atomic E-state index is 10.9. The summed E-state index contributed by atoms with van der Waals surface area (Å²) in [5.41, 5.74) is 1.18. The summed E-state index contributed by atoms with van der Waals surface area (Å²) in [5.74, 6) is 0.374. The molecule has 0 amide bonds. The van der Waals surface area contributed by atoms with Crippen molar-refractivity contribution in [2.45, 2.75) is 6.61 Å². The third-order valence-electron chi connectivity index (χ3n) is 2.79. The maximum atomic E-state index is 10.9. The van der Waals surface area contributed by atoms with Gasteiger partial charge in [0.15, 0.2) is 0 Å². The van der Waals surface area contributed by atoms with E-state index in [1.54, 1.807) is 13.2 Å². The Bertz CT molecular complexity index is 671. The Morgan fingerprint density at radius 1 is 1.10 bits per heavy atom. The average Bonchev–Trinajstić information content (AvgIpc) is 2.46. The van der Waals surface area contributed by atoms with E-state index in [4.69, 9.17) is 14.6 Å². The second-order valence-corrected chi connectivity index (χ2v) is 5.92. The lowest BCUT2D eigenvalue weighted by Crippen LogP contribution is -1.99. The molecular weight excluding hydrogens is 404 g/mol. The monoisotopic (exact) mass is 414 g/mol. The van der Waals surface area contributed by atoms with Crippen LogP contribution < -0.4 is 9.47 Å². The van der Waals surface area contributed by atoms with Crippen molar-refractivity contribution in [1.29, 1.82) is 0 Å². The van der Waals surface area contributed by atoms with Gasteiger partial charge in [-0.05, 0) is 67.8 Å². The van der Waals surface area contributed by atoms with Crippen LogP contribution in [0.1, 0.15) is 15.9 Å². The minimum absolute atomic E-state index is 0.210. The summed E-state index contributed by atoms with van der Waals surface area (Å²) >= 11 is 6.73. The molecule has 2 rings (SSSR count). The summed E-state index contributed by atoms with van der Waals surface area (Å²) in [4.78, 5) is 10.9. The lowest BCUT2D eigenvalue weighted by molar-refractivity contribution is 0.0696. The summed E-state index contributed by atoms with van der Waals surface area (Å²) in [5, 5.41) is 8.91. The van der Waals surface area contributed by atoms with Gasteiger partial charge in [0.1, 0.15) is 18.1 Å². The number of carbonyl (C=O) groups is 1. The molecular formula is C15H12Br2O4. The number of halogens is 2. The molecule has 2 aromatic carbocycles. The zero-order valence-corrected chi connectivity index (χ0v) is 14.3. The lowest BCUT2D eigenvalue weighted by Gasteiger charge is -2.10. The van der Waals surface area contributed by atoms with Crippen LogP contribution in [0.15, 0.2) is 45.3 Å². The molecule has 0 aliphatic heterocycles. The zero-order chi connectivity index (χ0) is 15.4. The first-order chi connectivity index (χ1) is 10.0. The Hall–Kier alpha value is -1.53. The number of rotatable bonds is 5. The SMILES string of the molecule is COc1ccc(COc2ccc(C(=O)O)cc2Br)cc1Br. The van der Waals surface area contributed by atoms with Crippen molar-refractivity contribution in [2.75, 3.05) is 7.11 Å². The standard InChI is InChI=1S/C15H12Br2O4/c1-20-13-4-2-9(6-11(13)16)8-21-14-5-3-10(15(18)19)7-12(14)17/h2-7H,8H2,1H3,(H,18,19). The summed E-state index contributed by atoms with van der Waals surface area (Å²) in [7, 11) is 1.61. The van der Waals surface area contributed by atoms with Crippen LogP contribution in [0.3, 0.4) is 0 Å². The number of aromatic carboxylic acids is 1. The van der Waals surface area contributed by atoms with Gasteiger partial charge in [-0.1, -0.05) is 6.07 Å². The molecule has 0 saturated carbocycles. The number of carboxylic acids is 1. The average molecular weight is 416 g/mol. The Kier molecular flexibility index (Phi) is 5.25. The van der Waals surface area contributed by atoms with Crippen molar-refractivity contribution in [2.24, 2.45) is 0 Å². The van der Waals surface area contributed by atoms with Crippen molar-refractivity contribution < 1.29 is 19.4 Å². The molecule has 0 aromatic heterocycles. The molecule has 110 valence electrons. The smallest absolute Gasteiger partial charge is 0.335 e. The zero-order valence-electron chi connectivity index (χ0n) is 11.1. The van der Waals surface area contributed by atoms with Crippen LogP contribution in [0.4, 0.5) is 0 Å². The van der Waals surface area contributed by atoms with E-state index in [9.17, 15) is 4.79 Å². The molecule has 0 spiro atoms. The van der Waals surface area contributed by atoms with Crippen molar-refractivity contribution in [3.63, 3.8) is 0 Å². The van der Waals surface area contributed by atoms with E-state index in [2.05, 4.69) is 31.9 Å². The van der Waals surface area contributed by atoms with Gasteiger partial charge >= 0.3 is 5.97 Å². The second-order valence-electron chi connectivity index (χ2n) is 4.21. The highest BCUT2D eigenvalue weighted by Gasteiger charge is 2.08. The highest BCUT2D eigenvalue weighted by molar-refractivity contribution is 9.10. The topological polar surface area (TPSA) is 55.8 Å². The fourth-order valence-corrected chi connectivity index (χ4v) is 2.79. The highest BCUT2D eigenvalue weighted by Crippen LogP contribution is 2.29. The summed E-state index contributed by atoms with van der Waals surface area (Å²) in [6.45, 7) is 0.369. The van der Waals surface area contributed by atoms with Gasteiger partial charge in [0.05, 0.1) is 21.6 Å². The van der Waals surface area contributed by atoms with Gasteiger partial charge in [-0.25, -0.2) is 4.79 Å². The van der Waals surface area contributed by atoms with Gasteiger partial charge < -0.3 is 14.6 Å². The summed E-state index contributed by atoms with van der Waals surface area (Å²) in [6, 6.07) is 10.3. The lowest BCUT2D eigenvalue weighted by atomic mass is 10.2. The summed E-state index contributed by atoms with van der Waals surface area (Å²) < 4.78 is 12.3. The van der Waals surface area contributed by atoms with Crippen LogP contribution in [0, 0.1) is 0 Å². The van der Waals surface area contributed by atoms with E-state index in [1.165, 1.54) is 12.1 Å². The normalized spacial score (nSPS) is 10.2. The van der Waals surface area contributed by atoms with E-state index in [0.29, 0.717) is 16.8 Å². The maximum Gasteiger partial charge on any atom is 0.335 e. The van der Waals surface area contributed by atoms with E-state index in [1.807, 2.05) is 18.2 Å². The fraction of sp³-hybridized carbons (Fsp3) is 0.133. The third-order valence-corrected chi connectivity index (χ3v) is 4.03. The molecule has 6 heteroatoms. The predicted molar refractivity (Wildman–Crippen MR) is 86.1 cm³/mol. The quantitative estimate of drug-likeness (QED) is 0.781. The number of hydrogen-bond donors (Lipinski definition) is 1. The molecule has 0 fully saturated rings. The van der Waals surface area contributed by atoms with E-state index < -0.39 is 5.97 Å². The molecule has 0 aliphatic rings. The van der Waals surface area contributed by atoms with Crippen LogP contribution in [-0.4, -0.2) is 18.2 Å². The van der Waals surface area contributed by atoms with Gasteiger partial charge in [0.25, 0.3) is 0 Å². The molecule has 0 heterocycles. The minimum Gasteiger partial charge on any atom is -0.496 e. The Labute approximate surface area is 139 Å². The Morgan fingerprint density at radius 2 is 1.76 bits per heavy atom. The highest BCUT2D eigenvalue weighted by atomic mass is 79.9. The molecule has 0 saturated heterocycles. The fourth-order valence-electron chi connectivity index (χ4n) is 1.71. The molecule has 0 aliphatic carbocycles. The first-order valence-corrected chi connectivity index (χ1v) is 7.58. The molecule has 0 bridgehead atoms. The number of ether oxygens (including phenoxy) is 2. The Balaban J connectivity index is 2.09. The largest absolute Gasteiger partial charge is 0.496 e. The van der Waals surface area contributed by atoms with Crippen molar-refractivity contribution in [3.8, 4) is 11.5 Å². The number of hydrogen-bond acceptors (Lipinski definition) is 3. The Morgan fingerprint density at radius 3 is 2.33 bits per heavy atom. The molecule has 4 nitrogen and oxygen atoms in total. The van der Waals surface area contributed by atoms with Crippen molar-refractivity contribution in [1.82, 2.24) is 0 Å². The molecule has 0 unspecified atom stereocenters. The van der Waals surface area contributed by atoms with Crippen LogP contribution in [0.2, 0.25) is 0 Å². The predicted octanol–water partition coefficient (Wildman–Crippen LogP) is 4.50. The minimum atomic E-state index is -0.971. The van der Waals surface area contributed by atoms with Crippen LogP contribution >= 0.6 is 31.9 Å². The first-order valence-electron chi connectivity index (χ1n) is 5.99. The van der Waals surface area contributed by atoms with Crippen LogP contribution in [0.25, 0.3) is 0 Å². The first kappa shape index (κ1) is 15.9. The van der Waals surface area contributed by atoms with Crippen LogP contribution in [-0.2, 0) is 6.61 Å². The van der Waals surface area contributed by atoms with Gasteiger partial charge in [0.2, 0.25) is 0 Å². The molecule has 21 heavy (non-hydrogen) atoms. The van der Waals surface area contributed by atoms with Crippen molar-refractivity contribution in [3.05, 3.63) is 56.5 Å². The second kappa shape index (κ2) is 6.95. The molecule has 2 aromatic rings. The van der Waals surface area contributed by atoms with Gasteiger partial charge in [0, 0.05) is 0 Å². The third kappa shape index (κ3) is 3.98. The van der Waals surface area contributed by atoms with Gasteiger partial charge in [-0.3, -0.25) is 0 Å². The summed E-state index contributed by atoms with van der Waals surface area (Å²) in [6.07, 6.45) is 0. The number of carboxylic acid groups (broad SMARTS) is 1. The van der Waals surface area contributed by atoms with Gasteiger partial charge in [-0.15, -0.1) is 0 Å². The van der Waals surface area contributed by atoms with E-state index in [0.717, 1.165) is 15.8 Å². The van der Waals surface area contributed by atoms with Gasteiger partial charge in [-0.2, -0.15) is 0 Å². The molecule has 0 radical (unpaired) electrons. The number of methoxy groups -OCH3 is 1. The van der Waals surface area contributed by atoms with E-state index in [-0.39, 0.29) is 5.56 Å². The van der Waals surface area contributed by atoms with Crippen molar-refractivity contribution >= 4 is 37.8 Å². The van der Waals surface area contributed by atoms with E-state index >= 15 is 0 Å². The van der Waals surface area contributed by atoms with Crippen LogP contribution in [0.5, 0.6) is 11.5 Å². The molecule has 0 atom stereocenters.